The van der Waals surface area contributed by atoms with E-state index in [9.17, 15) is 0 Å². The van der Waals surface area contributed by atoms with Crippen LogP contribution in [-0.2, 0) is 0 Å². The molecule has 0 aromatic carbocycles. The molecule has 2 rings (SSSR count). The molecule has 0 N–H and O–H groups in total. The molecular formula is C12H17BrN2O. The molecule has 1 aliphatic carbocycles. The average Bonchev–Trinajstić information content (AvgIpc) is 2.27. The standard InChI is InChI=1S/C12H17BrN2O/c1-9-14-11(13)7-12(15-9)16-8-10-5-3-2-4-6-10/h7,10H,2-6,8H2,1H3. The highest BCUT2D eigenvalue weighted by Crippen LogP contribution is 2.24. The van der Waals surface area contributed by atoms with Crippen LogP contribution in [0.3, 0.4) is 0 Å². The first-order chi connectivity index (χ1) is 7.74. The van der Waals surface area contributed by atoms with Crippen LogP contribution in [0.1, 0.15) is 37.9 Å². The van der Waals surface area contributed by atoms with Crippen molar-refractivity contribution in [2.75, 3.05) is 6.61 Å². The van der Waals surface area contributed by atoms with E-state index >= 15 is 0 Å². The molecule has 1 fully saturated rings. The fourth-order valence-electron chi connectivity index (χ4n) is 2.14. The Bertz CT molecular complexity index is 331. The van der Waals surface area contributed by atoms with Gasteiger partial charge in [-0.3, -0.25) is 0 Å². The second-order valence-electron chi connectivity index (χ2n) is 4.39. The van der Waals surface area contributed by atoms with Crippen molar-refractivity contribution in [2.24, 2.45) is 5.92 Å². The third-order valence-electron chi connectivity index (χ3n) is 2.97. The van der Waals surface area contributed by atoms with Gasteiger partial charge in [-0.2, -0.15) is 4.98 Å². The number of hydrogen-bond acceptors (Lipinski definition) is 3. The Balaban J connectivity index is 1.88. The van der Waals surface area contributed by atoms with Gasteiger partial charge < -0.3 is 4.74 Å². The monoisotopic (exact) mass is 284 g/mol. The fourth-order valence-corrected chi connectivity index (χ4v) is 2.59. The molecule has 4 heteroatoms. The van der Waals surface area contributed by atoms with Crippen LogP contribution in [0.5, 0.6) is 5.88 Å². The third kappa shape index (κ3) is 3.44. The van der Waals surface area contributed by atoms with Crippen molar-refractivity contribution in [3.63, 3.8) is 0 Å². The molecule has 0 amide bonds. The molecule has 1 aromatic heterocycles. The van der Waals surface area contributed by atoms with Crippen LogP contribution in [0.15, 0.2) is 10.7 Å². The van der Waals surface area contributed by atoms with Gasteiger partial charge in [0, 0.05) is 6.07 Å². The zero-order valence-electron chi connectivity index (χ0n) is 9.58. The number of rotatable bonds is 3. The lowest BCUT2D eigenvalue weighted by atomic mass is 9.90. The smallest absolute Gasteiger partial charge is 0.217 e. The van der Waals surface area contributed by atoms with Gasteiger partial charge >= 0.3 is 0 Å². The van der Waals surface area contributed by atoms with Crippen LogP contribution in [0, 0.1) is 12.8 Å². The number of hydrogen-bond donors (Lipinski definition) is 0. The molecule has 0 atom stereocenters. The molecule has 0 aliphatic heterocycles. The van der Waals surface area contributed by atoms with Crippen LogP contribution < -0.4 is 4.74 Å². The van der Waals surface area contributed by atoms with Crippen LogP contribution in [0.4, 0.5) is 0 Å². The maximum absolute atomic E-state index is 5.73. The van der Waals surface area contributed by atoms with Gasteiger partial charge in [0.15, 0.2) is 0 Å². The minimum Gasteiger partial charge on any atom is -0.477 e. The Hall–Kier alpha value is -0.640. The maximum atomic E-state index is 5.73. The number of nitrogens with zero attached hydrogens (tertiary/aromatic N) is 2. The van der Waals surface area contributed by atoms with E-state index in [0.717, 1.165) is 17.0 Å². The van der Waals surface area contributed by atoms with Crippen molar-refractivity contribution < 1.29 is 4.74 Å². The highest BCUT2D eigenvalue weighted by molar-refractivity contribution is 9.10. The molecule has 0 bridgehead atoms. The van der Waals surface area contributed by atoms with Gasteiger partial charge in [0.2, 0.25) is 5.88 Å². The summed E-state index contributed by atoms with van der Waals surface area (Å²) >= 11 is 3.35. The number of ether oxygens (including phenoxy) is 1. The summed E-state index contributed by atoms with van der Waals surface area (Å²) < 4.78 is 6.52. The van der Waals surface area contributed by atoms with Crippen LogP contribution in [0.2, 0.25) is 0 Å². The Morgan fingerprint density at radius 1 is 1.31 bits per heavy atom. The molecule has 1 heterocycles. The van der Waals surface area contributed by atoms with Crippen molar-refractivity contribution in [1.29, 1.82) is 0 Å². The van der Waals surface area contributed by atoms with Gasteiger partial charge in [0.1, 0.15) is 10.4 Å². The summed E-state index contributed by atoms with van der Waals surface area (Å²) in [6.45, 7) is 2.67. The third-order valence-corrected chi connectivity index (χ3v) is 3.38. The molecular weight excluding hydrogens is 268 g/mol. The van der Waals surface area contributed by atoms with Crippen LogP contribution in [0.25, 0.3) is 0 Å². The summed E-state index contributed by atoms with van der Waals surface area (Å²) in [6.07, 6.45) is 6.67. The zero-order valence-corrected chi connectivity index (χ0v) is 11.2. The molecule has 88 valence electrons. The predicted octanol–water partition coefficient (Wildman–Crippen LogP) is 3.51. The van der Waals surface area contributed by atoms with Crippen molar-refractivity contribution >= 4 is 15.9 Å². The molecule has 0 spiro atoms. The van der Waals surface area contributed by atoms with E-state index in [1.807, 2.05) is 13.0 Å². The first-order valence-corrected chi connectivity index (χ1v) is 6.67. The lowest BCUT2D eigenvalue weighted by Gasteiger charge is -2.21. The molecule has 16 heavy (non-hydrogen) atoms. The normalized spacial score (nSPS) is 17.4. The van der Waals surface area contributed by atoms with E-state index in [2.05, 4.69) is 25.9 Å². The van der Waals surface area contributed by atoms with Crippen molar-refractivity contribution in [3.8, 4) is 5.88 Å². The lowest BCUT2D eigenvalue weighted by molar-refractivity contribution is 0.202. The fraction of sp³-hybridized carbons (Fsp3) is 0.667. The van der Waals surface area contributed by atoms with Crippen molar-refractivity contribution in [3.05, 3.63) is 16.5 Å². The van der Waals surface area contributed by atoms with Gasteiger partial charge in [0.25, 0.3) is 0 Å². The van der Waals surface area contributed by atoms with Crippen LogP contribution in [-0.4, -0.2) is 16.6 Å². The molecule has 1 aromatic rings. The first-order valence-electron chi connectivity index (χ1n) is 5.88. The topological polar surface area (TPSA) is 35.0 Å². The summed E-state index contributed by atoms with van der Waals surface area (Å²) in [7, 11) is 0. The Kier molecular flexibility index (Phi) is 4.16. The molecule has 3 nitrogen and oxygen atoms in total. The van der Waals surface area contributed by atoms with Gasteiger partial charge in [-0.05, 0) is 41.6 Å². The summed E-state index contributed by atoms with van der Waals surface area (Å²) in [6, 6.07) is 1.83. The highest BCUT2D eigenvalue weighted by atomic mass is 79.9. The first kappa shape index (κ1) is 11.8. The van der Waals surface area contributed by atoms with E-state index in [1.54, 1.807) is 0 Å². The van der Waals surface area contributed by atoms with Gasteiger partial charge in [0.05, 0.1) is 6.61 Å². The summed E-state index contributed by atoms with van der Waals surface area (Å²) in [5, 5.41) is 0. The van der Waals surface area contributed by atoms with Gasteiger partial charge in [-0.15, -0.1) is 0 Å². The quantitative estimate of drug-likeness (QED) is 0.797. The second-order valence-corrected chi connectivity index (χ2v) is 5.20. The lowest BCUT2D eigenvalue weighted by Crippen LogP contribution is -2.15. The van der Waals surface area contributed by atoms with Crippen molar-refractivity contribution in [2.45, 2.75) is 39.0 Å². The van der Waals surface area contributed by atoms with E-state index in [4.69, 9.17) is 4.74 Å². The van der Waals surface area contributed by atoms with E-state index in [-0.39, 0.29) is 0 Å². The summed E-state index contributed by atoms with van der Waals surface area (Å²) in [5.41, 5.74) is 0. The number of aryl methyl sites for hydroxylation is 1. The Morgan fingerprint density at radius 2 is 2.06 bits per heavy atom. The molecule has 0 saturated heterocycles. The molecule has 1 aliphatic rings. The molecule has 0 unspecified atom stereocenters. The number of halogens is 1. The van der Waals surface area contributed by atoms with Crippen molar-refractivity contribution in [1.82, 2.24) is 9.97 Å². The minimum atomic E-state index is 0.685. The summed E-state index contributed by atoms with van der Waals surface area (Å²) in [5.74, 6) is 2.14. The van der Waals surface area contributed by atoms with E-state index < -0.39 is 0 Å². The van der Waals surface area contributed by atoms with E-state index in [1.165, 1.54) is 32.1 Å². The summed E-state index contributed by atoms with van der Waals surface area (Å²) in [4.78, 5) is 8.41. The second kappa shape index (κ2) is 5.62. The minimum absolute atomic E-state index is 0.685. The van der Waals surface area contributed by atoms with Gasteiger partial charge in [-0.1, -0.05) is 19.3 Å². The zero-order chi connectivity index (χ0) is 11.4. The number of aromatic nitrogens is 2. The van der Waals surface area contributed by atoms with Gasteiger partial charge in [-0.25, -0.2) is 4.98 Å². The SMILES string of the molecule is Cc1nc(Br)cc(OCC2CCCCC2)n1. The van der Waals surface area contributed by atoms with Crippen LogP contribution >= 0.6 is 15.9 Å². The molecule has 0 radical (unpaired) electrons. The molecule has 1 saturated carbocycles. The largest absolute Gasteiger partial charge is 0.477 e. The predicted molar refractivity (Wildman–Crippen MR) is 66.5 cm³/mol. The Morgan fingerprint density at radius 3 is 2.75 bits per heavy atom. The van der Waals surface area contributed by atoms with E-state index in [0.29, 0.717) is 11.8 Å². The maximum Gasteiger partial charge on any atom is 0.217 e. The Labute approximate surface area is 105 Å². The highest BCUT2D eigenvalue weighted by Gasteiger charge is 2.14. The average molecular weight is 285 g/mol.